The van der Waals surface area contributed by atoms with Crippen molar-refractivity contribution in [3.05, 3.63) is 24.8 Å². The Morgan fingerprint density at radius 3 is 2.62 bits per heavy atom. The van der Waals surface area contributed by atoms with E-state index in [1.54, 1.807) is 24.8 Å². The third-order valence-electron chi connectivity index (χ3n) is 1.31. The lowest BCUT2D eigenvalue weighted by Crippen LogP contribution is -1.90. The van der Waals surface area contributed by atoms with Crippen molar-refractivity contribution >= 4 is 17.4 Å². The molecule has 0 unspecified atom stereocenters. The van der Waals surface area contributed by atoms with Crippen molar-refractivity contribution in [2.24, 2.45) is 0 Å². The molecule has 0 atom stereocenters. The van der Waals surface area contributed by atoms with Gasteiger partial charge in [-0.25, -0.2) is 15.0 Å². The molecule has 0 bridgehead atoms. The van der Waals surface area contributed by atoms with Crippen LogP contribution in [0.25, 0.3) is 0 Å². The van der Waals surface area contributed by atoms with Gasteiger partial charge in [-0.3, -0.25) is 0 Å². The molecule has 0 fully saturated rings. The average molecular weight is 193 g/mol. The Hall–Kier alpha value is -1.56. The molecule has 13 heavy (non-hydrogen) atoms. The predicted molar refractivity (Wildman–Crippen MR) is 49.2 cm³/mol. The van der Waals surface area contributed by atoms with Crippen LogP contribution < -0.4 is 5.73 Å². The number of nitrogens with two attached hydrogens (primary N) is 1. The third-order valence-corrected chi connectivity index (χ3v) is 2.12. The molecule has 0 amide bonds. The van der Waals surface area contributed by atoms with E-state index in [0.717, 1.165) is 5.16 Å². The summed E-state index contributed by atoms with van der Waals surface area (Å²) in [6, 6.07) is 0. The Kier molecular flexibility index (Phi) is 2.13. The fourth-order valence-corrected chi connectivity index (χ4v) is 1.40. The number of H-pyrrole nitrogens is 1. The van der Waals surface area contributed by atoms with Crippen LogP contribution in [0.3, 0.4) is 0 Å². The normalized spacial score (nSPS) is 10.2. The number of anilines is 1. The Balaban J connectivity index is 2.15. The Labute approximate surface area is 78.8 Å². The molecule has 0 radical (unpaired) electrons. The van der Waals surface area contributed by atoms with Gasteiger partial charge in [0, 0.05) is 12.4 Å². The van der Waals surface area contributed by atoms with Crippen LogP contribution in [0.15, 0.2) is 35.1 Å². The van der Waals surface area contributed by atoms with Crippen LogP contribution in [0.5, 0.6) is 0 Å². The molecule has 2 rings (SSSR count). The van der Waals surface area contributed by atoms with Gasteiger partial charge in [-0.05, 0) is 11.8 Å². The van der Waals surface area contributed by atoms with E-state index in [4.69, 9.17) is 5.73 Å². The van der Waals surface area contributed by atoms with E-state index in [2.05, 4.69) is 19.9 Å². The van der Waals surface area contributed by atoms with Gasteiger partial charge in [-0.15, -0.1) is 0 Å². The first-order valence-corrected chi connectivity index (χ1v) is 4.41. The molecule has 0 aliphatic heterocycles. The zero-order valence-corrected chi connectivity index (χ0v) is 7.45. The molecule has 0 saturated heterocycles. The van der Waals surface area contributed by atoms with Crippen molar-refractivity contribution in [1.29, 1.82) is 0 Å². The first kappa shape index (κ1) is 8.06. The molecule has 0 aromatic carbocycles. The topological polar surface area (TPSA) is 80.5 Å². The van der Waals surface area contributed by atoms with E-state index in [1.165, 1.54) is 11.8 Å². The molecule has 0 spiro atoms. The number of aromatic nitrogens is 4. The summed E-state index contributed by atoms with van der Waals surface area (Å²) in [4.78, 5) is 15.0. The van der Waals surface area contributed by atoms with Gasteiger partial charge in [-0.2, -0.15) is 0 Å². The second-order valence-corrected chi connectivity index (χ2v) is 3.25. The second-order valence-electron chi connectivity index (χ2n) is 2.30. The number of aromatic amines is 1. The standard InChI is InChI=1S/C7H7N5S/c8-5-3-11-7(12-4-5)13-6-9-1-2-10-6/h1-4H,8H2,(H,9,10). The van der Waals surface area contributed by atoms with E-state index < -0.39 is 0 Å². The van der Waals surface area contributed by atoms with Crippen LogP contribution >= 0.6 is 11.8 Å². The summed E-state index contributed by atoms with van der Waals surface area (Å²) < 4.78 is 0. The van der Waals surface area contributed by atoms with Crippen LogP contribution in [-0.2, 0) is 0 Å². The van der Waals surface area contributed by atoms with E-state index in [-0.39, 0.29) is 0 Å². The van der Waals surface area contributed by atoms with Crippen molar-refractivity contribution < 1.29 is 0 Å². The molecular formula is C7H7N5S. The van der Waals surface area contributed by atoms with Crippen LogP contribution in [0.1, 0.15) is 0 Å². The van der Waals surface area contributed by atoms with Gasteiger partial charge in [0.25, 0.3) is 0 Å². The van der Waals surface area contributed by atoms with Gasteiger partial charge in [-0.1, -0.05) is 0 Å². The zero-order chi connectivity index (χ0) is 9.10. The van der Waals surface area contributed by atoms with Gasteiger partial charge < -0.3 is 10.7 Å². The predicted octanol–water partition coefficient (Wildman–Crippen LogP) is 0.933. The lowest BCUT2D eigenvalue weighted by atomic mass is 10.6. The highest BCUT2D eigenvalue weighted by Crippen LogP contribution is 2.19. The number of hydrogen-bond acceptors (Lipinski definition) is 5. The molecule has 6 heteroatoms. The molecule has 0 saturated carbocycles. The molecule has 2 aromatic rings. The Morgan fingerprint density at radius 1 is 1.23 bits per heavy atom. The summed E-state index contributed by atoms with van der Waals surface area (Å²) in [5.74, 6) is 0. The average Bonchev–Trinajstić information content (AvgIpc) is 2.62. The summed E-state index contributed by atoms with van der Waals surface area (Å²) in [6.45, 7) is 0. The maximum atomic E-state index is 5.44. The molecule has 0 aliphatic carbocycles. The Bertz CT molecular complexity index is 368. The minimum Gasteiger partial charge on any atom is -0.396 e. The lowest BCUT2D eigenvalue weighted by Gasteiger charge is -1.95. The number of rotatable bonds is 2. The fourth-order valence-electron chi connectivity index (χ4n) is 0.772. The molecule has 2 aromatic heterocycles. The maximum Gasteiger partial charge on any atom is 0.195 e. The van der Waals surface area contributed by atoms with Gasteiger partial charge in [0.05, 0.1) is 18.1 Å². The molecule has 66 valence electrons. The van der Waals surface area contributed by atoms with Crippen molar-refractivity contribution in [1.82, 2.24) is 19.9 Å². The van der Waals surface area contributed by atoms with Crippen molar-refractivity contribution in [3.8, 4) is 0 Å². The number of nitrogens with zero attached hydrogens (tertiary/aromatic N) is 3. The number of nitrogen functional groups attached to an aromatic ring is 1. The van der Waals surface area contributed by atoms with Crippen LogP contribution in [-0.4, -0.2) is 19.9 Å². The first-order valence-electron chi connectivity index (χ1n) is 3.59. The zero-order valence-electron chi connectivity index (χ0n) is 6.64. The summed E-state index contributed by atoms with van der Waals surface area (Å²) in [7, 11) is 0. The quantitative estimate of drug-likeness (QED) is 0.693. The van der Waals surface area contributed by atoms with E-state index in [9.17, 15) is 0 Å². The number of hydrogen-bond donors (Lipinski definition) is 2. The van der Waals surface area contributed by atoms with E-state index >= 15 is 0 Å². The SMILES string of the molecule is Nc1cnc(Sc2ncc[nH]2)nc1. The lowest BCUT2D eigenvalue weighted by molar-refractivity contribution is 0.954. The van der Waals surface area contributed by atoms with Gasteiger partial charge in [0.1, 0.15) is 0 Å². The Morgan fingerprint density at radius 2 is 2.00 bits per heavy atom. The van der Waals surface area contributed by atoms with Crippen molar-refractivity contribution in [3.63, 3.8) is 0 Å². The molecular weight excluding hydrogens is 186 g/mol. The second kappa shape index (κ2) is 3.44. The summed E-state index contributed by atoms with van der Waals surface area (Å²) in [5.41, 5.74) is 6.00. The maximum absolute atomic E-state index is 5.44. The largest absolute Gasteiger partial charge is 0.396 e. The van der Waals surface area contributed by atoms with E-state index in [1.807, 2.05) is 0 Å². The van der Waals surface area contributed by atoms with Crippen molar-refractivity contribution in [2.45, 2.75) is 10.3 Å². The summed E-state index contributed by atoms with van der Waals surface area (Å²) in [6.07, 6.45) is 6.57. The first-order chi connectivity index (χ1) is 6.34. The van der Waals surface area contributed by atoms with Gasteiger partial charge in [0.2, 0.25) is 0 Å². The third kappa shape index (κ3) is 1.97. The highest BCUT2D eigenvalue weighted by molar-refractivity contribution is 7.99. The minimum atomic E-state index is 0.559. The van der Waals surface area contributed by atoms with Gasteiger partial charge >= 0.3 is 0 Å². The highest BCUT2D eigenvalue weighted by atomic mass is 32.2. The molecule has 3 N–H and O–H groups in total. The van der Waals surface area contributed by atoms with Crippen LogP contribution in [0.2, 0.25) is 0 Å². The minimum absolute atomic E-state index is 0.559. The summed E-state index contributed by atoms with van der Waals surface area (Å²) in [5, 5.41) is 1.40. The van der Waals surface area contributed by atoms with Crippen LogP contribution in [0.4, 0.5) is 5.69 Å². The van der Waals surface area contributed by atoms with Crippen LogP contribution in [0, 0.1) is 0 Å². The van der Waals surface area contributed by atoms with Crippen molar-refractivity contribution in [2.75, 3.05) is 5.73 Å². The molecule has 5 nitrogen and oxygen atoms in total. The fraction of sp³-hybridized carbons (Fsp3) is 0. The number of imidazole rings is 1. The highest BCUT2D eigenvalue weighted by Gasteiger charge is 2.00. The molecule has 2 heterocycles. The smallest absolute Gasteiger partial charge is 0.195 e. The monoisotopic (exact) mass is 193 g/mol. The number of nitrogens with one attached hydrogen (secondary N) is 1. The van der Waals surface area contributed by atoms with Gasteiger partial charge in [0.15, 0.2) is 10.3 Å². The van der Waals surface area contributed by atoms with E-state index in [0.29, 0.717) is 10.8 Å². The summed E-state index contributed by atoms with van der Waals surface area (Å²) >= 11 is 1.36. The molecule has 0 aliphatic rings.